The summed E-state index contributed by atoms with van der Waals surface area (Å²) in [5.74, 6) is -0.441. The smallest absolute Gasteiger partial charge is 0.267 e. The molecule has 26 heavy (non-hydrogen) atoms. The molecule has 0 bridgehead atoms. The Balaban J connectivity index is 1.82. The summed E-state index contributed by atoms with van der Waals surface area (Å²) in [5, 5.41) is 5.03. The molecule has 0 aliphatic heterocycles. The fourth-order valence-electron chi connectivity index (χ4n) is 2.63. The topological polar surface area (TPSA) is 60.9 Å². The van der Waals surface area contributed by atoms with E-state index >= 15 is 0 Å². The Kier molecular flexibility index (Phi) is 4.22. The Morgan fingerprint density at radius 2 is 1.88 bits per heavy atom. The van der Waals surface area contributed by atoms with E-state index in [1.54, 1.807) is 24.3 Å². The minimum atomic E-state index is -0.441. The summed E-state index contributed by atoms with van der Waals surface area (Å²) in [6.07, 6.45) is 1.35. The molecule has 0 saturated heterocycles. The second-order valence-corrected chi connectivity index (χ2v) is 6.48. The first-order chi connectivity index (χ1) is 12.5. The third-order valence-electron chi connectivity index (χ3n) is 3.94. The zero-order valence-electron chi connectivity index (χ0n) is 13.1. The fourth-order valence-corrected chi connectivity index (χ4v) is 2.98. The van der Waals surface area contributed by atoms with Crippen LogP contribution in [-0.4, -0.2) is 14.7 Å². The molecule has 0 aliphatic carbocycles. The van der Waals surface area contributed by atoms with Gasteiger partial charge in [0, 0.05) is 15.6 Å². The maximum Gasteiger partial charge on any atom is 0.267 e. The number of fused-ring (bicyclic) bond motifs is 1. The summed E-state index contributed by atoms with van der Waals surface area (Å²) in [6.45, 7) is 0.145. The average Bonchev–Trinajstić information content (AvgIpc) is 3.05. The molecular weight excluding hydrogens is 380 g/mol. The highest BCUT2D eigenvalue weighted by molar-refractivity contribution is 6.31. The highest BCUT2D eigenvalue weighted by Gasteiger charge is 2.17. The number of benzene rings is 2. The average molecular weight is 390 g/mol. The van der Waals surface area contributed by atoms with Crippen molar-refractivity contribution in [1.29, 1.82) is 0 Å². The standard InChI is InChI=1S/C18H10Cl2FN3O2/c19-12-4-1-10(2-5-12)16-15-17(26-23-16)22-9-24(18(15)25)8-11-3-6-13(21)7-14(11)20/h1-7,9H,8H2. The number of hydrogen-bond donors (Lipinski definition) is 0. The van der Waals surface area contributed by atoms with Crippen LogP contribution in [0.3, 0.4) is 0 Å². The van der Waals surface area contributed by atoms with Crippen molar-refractivity contribution in [3.8, 4) is 11.3 Å². The maximum atomic E-state index is 13.2. The van der Waals surface area contributed by atoms with Crippen LogP contribution in [-0.2, 0) is 6.54 Å². The Bertz CT molecular complexity index is 1170. The van der Waals surface area contributed by atoms with Gasteiger partial charge in [-0.3, -0.25) is 9.36 Å². The van der Waals surface area contributed by atoms with E-state index in [0.29, 0.717) is 21.8 Å². The van der Waals surface area contributed by atoms with E-state index in [1.807, 2.05) is 0 Å². The zero-order valence-corrected chi connectivity index (χ0v) is 14.6. The van der Waals surface area contributed by atoms with Crippen molar-refractivity contribution in [1.82, 2.24) is 14.7 Å². The van der Waals surface area contributed by atoms with Gasteiger partial charge in [-0.2, -0.15) is 0 Å². The van der Waals surface area contributed by atoms with Crippen LogP contribution in [0, 0.1) is 5.82 Å². The normalized spacial score (nSPS) is 11.2. The van der Waals surface area contributed by atoms with E-state index in [0.717, 1.165) is 0 Å². The van der Waals surface area contributed by atoms with Gasteiger partial charge < -0.3 is 4.52 Å². The molecule has 4 rings (SSSR count). The molecule has 0 aliphatic rings. The summed E-state index contributed by atoms with van der Waals surface area (Å²) in [4.78, 5) is 17.1. The van der Waals surface area contributed by atoms with Crippen LogP contribution in [0.2, 0.25) is 10.0 Å². The van der Waals surface area contributed by atoms with Gasteiger partial charge in [0.1, 0.15) is 23.2 Å². The van der Waals surface area contributed by atoms with Crippen LogP contribution >= 0.6 is 23.2 Å². The van der Waals surface area contributed by atoms with Crippen molar-refractivity contribution in [3.05, 3.63) is 80.6 Å². The molecule has 5 nitrogen and oxygen atoms in total. The first-order valence-electron chi connectivity index (χ1n) is 7.57. The number of nitrogens with zero attached hydrogens (tertiary/aromatic N) is 3. The van der Waals surface area contributed by atoms with E-state index in [-0.39, 0.29) is 28.2 Å². The number of aromatic nitrogens is 3. The van der Waals surface area contributed by atoms with Crippen LogP contribution < -0.4 is 5.56 Å². The summed E-state index contributed by atoms with van der Waals surface area (Å²) in [5.41, 5.74) is 1.47. The van der Waals surface area contributed by atoms with Gasteiger partial charge >= 0.3 is 0 Å². The van der Waals surface area contributed by atoms with Crippen molar-refractivity contribution in [2.45, 2.75) is 6.54 Å². The molecule has 0 radical (unpaired) electrons. The van der Waals surface area contributed by atoms with Crippen LogP contribution in [0.15, 0.2) is 58.1 Å². The molecular formula is C18H10Cl2FN3O2. The predicted molar refractivity (Wildman–Crippen MR) is 97.0 cm³/mol. The third kappa shape index (κ3) is 2.98. The molecule has 2 aromatic heterocycles. The van der Waals surface area contributed by atoms with E-state index in [4.69, 9.17) is 27.7 Å². The van der Waals surface area contributed by atoms with E-state index in [2.05, 4.69) is 10.1 Å². The minimum absolute atomic E-state index is 0.140. The molecule has 2 heterocycles. The number of hydrogen-bond acceptors (Lipinski definition) is 4. The molecule has 2 aromatic carbocycles. The zero-order chi connectivity index (χ0) is 18.3. The van der Waals surface area contributed by atoms with Gasteiger partial charge in [-0.05, 0) is 29.8 Å². The molecule has 0 amide bonds. The molecule has 0 atom stereocenters. The van der Waals surface area contributed by atoms with Crippen molar-refractivity contribution >= 4 is 34.3 Å². The van der Waals surface area contributed by atoms with Gasteiger partial charge in [-0.25, -0.2) is 9.37 Å². The lowest BCUT2D eigenvalue weighted by atomic mass is 10.1. The van der Waals surface area contributed by atoms with Gasteiger partial charge in [0.05, 0.1) is 6.54 Å². The van der Waals surface area contributed by atoms with Crippen LogP contribution in [0.1, 0.15) is 5.56 Å². The Hall–Kier alpha value is -2.70. The molecule has 0 fully saturated rings. The maximum absolute atomic E-state index is 13.2. The summed E-state index contributed by atoms with van der Waals surface area (Å²) < 4.78 is 19.8. The Morgan fingerprint density at radius 3 is 2.62 bits per heavy atom. The second kappa shape index (κ2) is 6.55. The van der Waals surface area contributed by atoms with E-state index in [9.17, 15) is 9.18 Å². The summed E-state index contributed by atoms with van der Waals surface area (Å²) >= 11 is 12.0. The summed E-state index contributed by atoms with van der Waals surface area (Å²) in [6, 6.07) is 10.9. The predicted octanol–water partition coefficient (Wildman–Crippen LogP) is 4.55. The molecule has 0 spiro atoms. The van der Waals surface area contributed by atoms with Crippen molar-refractivity contribution < 1.29 is 8.91 Å². The SMILES string of the molecule is O=c1c2c(-c3ccc(Cl)cc3)noc2ncn1Cc1ccc(F)cc1Cl. The lowest BCUT2D eigenvalue weighted by Gasteiger charge is -2.07. The van der Waals surface area contributed by atoms with Crippen molar-refractivity contribution in [3.63, 3.8) is 0 Å². The largest absolute Gasteiger partial charge is 0.335 e. The van der Waals surface area contributed by atoms with E-state index in [1.165, 1.54) is 29.1 Å². The molecule has 130 valence electrons. The lowest BCUT2D eigenvalue weighted by molar-refractivity contribution is 0.450. The van der Waals surface area contributed by atoms with Crippen molar-refractivity contribution in [2.24, 2.45) is 0 Å². The van der Waals surface area contributed by atoms with Gasteiger partial charge in [0.2, 0.25) is 0 Å². The lowest BCUT2D eigenvalue weighted by Crippen LogP contribution is -2.21. The monoisotopic (exact) mass is 389 g/mol. The van der Waals surface area contributed by atoms with Gasteiger partial charge in [-0.15, -0.1) is 0 Å². The molecule has 0 N–H and O–H groups in total. The van der Waals surface area contributed by atoms with Gasteiger partial charge in [0.25, 0.3) is 11.3 Å². The number of rotatable bonds is 3. The quantitative estimate of drug-likeness (QED) is 0.515. The van der Waals surface area contributed by atoms with Crippen LogP contribution in [0.4, 0.5) is 4.39 Å². The first kappa shape index (κ1) is 16.8. The molecule has 8 heteroatoms. The number of halogens is 3. The molecule has 0 saturated carbocycles. The first-order valence-corrected chi connectivity index (χ1v) is 8.33. The molecule has 0 unspecified atom stereocenters. The highest BCUT2D eigenvalue weighted by Crippen LogP contribution is 2.26. The van der Waals surface area contributed by atoms with Gasteiger partial charge in [0.15, 0.2) is 0 Å². The van der Waals surface area contributed by atoms with Crippen LogP contribution in [0.25, 0.3) is 22.4 Å². The van der Waals surface area contributed by atoms with Crippen LogP contribution in [0.5, 0.6) is 0 Å². The second-order valence-electron chi connectivity index (χ2n) is 5.63. The third-order valence-corrected chi connectivity index (χ3v) is 4.54. The fraction of sp³-hybridized carbons (Fsp3) is 0.0556. The van der Waals surface area contributed by atoms with Crippen molar-refractivity contribution in [2.75, 3.05) is 0 Å². The minimum Gasteiger partial charge on any atom is -0.335 e. The summed E-state index contributed by atoms with van der Waals surface area (Å²) in [7, 11) is 0. The Morgan fingerprint density at radius 1 is 1.12 bits per heavy atom. The molecule has 4 aromatic rings. The highest BCUT2D eigenvalue weighted by atomic mass is 35.5. The van der Waals surface area contributed by atoms with Gasteiger partial charge in [-0.1, -0.05) is 46.6 Å². The van der Waals surface area contributed by atoms with E-state index < -0.39 is 5.82 Å². The Labute approximate surface area is 156 Å².